The van der Waals surface area contributed by atoms with Crippen molar-refractivity contribution < 1.29 is 9.90 Å². The molecule has 1 aliphatic rings. The molecule has 0 bridgehead atoms. The second-order valence-corrected chi connectivity index (χ2v) is 5.11. The second-order valence-electron chi connectivity index (χ2n) is 4.29. The number of carbonyl (C=O) groups is 1. The van der Waals surface area contributed by atoms with Crippen molar-refractivity contribution in [3.05, 3.63) is 52.0 Å². The Labute approximate surface area is 120 Å². The van der Waals surface area contributed by atoms with Gasteiger partial charge in [-0.3, -0.25) is 9.69 Å². The van der Waals surface area contributed by atoms with Crippen molar-refractivity contribution in [2.75, 3.05) is 4.90 Å². The van der Waals surface area contributed by atoms with Crippen LogP contribution in [0.3, 0.4) is 0 Å². The van der Waals surface area contributed by atoms with Crippen LogP contribution in [0.5, 0.6) is 5.75 Å². The summed E-state index contributed by atoms with van der Waals surface area (Å²) in [5.74, 6) is -0.116. The molecule has 0 saturated carbocycles. The van der Waals surface area contributed by atoms with Crippen LogP contribution >= 0.6 is 23.2 Å². The number of carbonyl (C=O) groups excluding carboxylic acids is 1. The largest absolute Gasteiger partial charge is 0.508 e. The number of amides is 1. The molecule has 0 radical (unpaired) electrons. The standard InChI is InChI=1S/C14H9Cl2NO2/c15-10-6-9(18)7-11(16)14(10)17-12-4-2-1-3-8(12)5-13(17)19/h1-4,6-7,18H,5H2. The van der Waals surface area contributed by atoms with Crippen LogP contribution in [0, 0.1) is 0 Å². The van der Waals surface area contributed by atoms with E-state index in [1.807, 2.05) is 24.3 Å². The highest BCUT2D eigenvalue weighted by Crippen LogP contribution is 2.44. The minimum atomic E-state index is -0.0873. The van der Waals surface area contributed by atoms with Crippen LogP contribution in [0.1, 0.15) is 5.56 Å². The predicted molar refractivity (Wildman–Crippen MR) is 75.4 cm³/mol. The van der Waals surface area contributed by atoms with Crippen LogP contribution in [0.2, 0.25) is 10.0 Å². The van der Waals surface area contributed by atoms with E-state index in [0.29, 0.717) is 12.1 Å². The summed E-state index contributed by atoms with van der Waals surface area (Å²) in [7, 11) is 0. The van der Waals surface area contributed by atoms with Crippen molar-refractivity contribution in [1.82, 2.24) is 0 Å². The van der Waals surface area contributed by atoms with Crippen LogP contribution < -0.4 is 4.90 Å². The fourth-order valence-electron chi connectivity index (χ4n) is 2.27. The highest BCUT2D eigenvalue weighted by Gasteiger charge is 2.31. The maximum absolute atomic E-state index is 12.2. The Morgan fingerprint density at radius 1 is 1.11 bits per heavy atom. The van der Waals surface area contributed by atoms with Gasteiger partial charge in [-0.2, -0.15) is 0 Å². The molecule has 2 aromatic rings. The van der Waals surface area contributed by atoms with E-state index >= 15 is 0 Å². The molecule has 3 nitrogen and oxygen atoms in total. The third-order valence-corrected chi connectivity index (χ3v) is 3.63. The van der Waals surface area contributed by atoms with E-state index in [0.717, 1.165) is 11.3 Å². The number of phenolic OH excluding ortho intramolecular Hbond substituents is 1. The zero-order chi connectivity index (χ0) is 13.6. The summed E-state index contributed by atoms with van der Waals surface area (Å²) in [4.78, 5) is 13.7. The van der Waals surface area contributed by atoms with Gasteiger partial charge in [-0.25, -0.2) is 0 Å². The molecule has 0 unspecified atom stereocenters. The molecule has 5 heteroatoms. The molecule has 0 aromatic heterocycles. The number of rotatable bonds is 1. The predicted octanol–water partition coefficient (Wildman–Crippen LogP) is 3.92. The number of phenols is 1. The lowest BCUT2D eigenvalue weighted by Crippen LogP contribution is -2.21. The third kappa shape index (κ3) is 1.95. The summed E-state index contributed by atoms with van der Waals surface area (Å²) in [5.41, 5.74) is 2.13. The molecule has 19 heavy (non-hydrogen) atoms. The minimum Gasteiger partial charge on any atom is -0.508 e. The van der Waals surface area contributed by atoms with E-state index < -0.39 is 0 Å². The van der Waals surface area contributed by atoms with Crippen molar-refractivity contribution in [2.45, 2.75) is 6.42 Å². The summed E-state index contributed by atoms with van der Waals surface area (Å²) >= 11 is 12.2. The number of halogens is 2. The number of fused-ring (bicyclic) bond motifs is 1. The van der Waals surface area contributed by atoms with Gasteiger partial charge in [0.2, 0.25) is 5.91 Å². The van der Waals surface area contributed by atoms with E-state index in [2.05, 4.69) is 0 Å². The first kappa shape index (κ1) is 12.3. The fraction of sp³-hybridized carbons (Fsp3) is 0.0714. The van der Waals surface area contributed by atoms with Crippen molar-refractivity contribution >= 4 is 40.5 Å². The van der Waals surface area contributed by atoms with Crippen LogP contribution in [-0.2, 0) is 11.2 Å². The van der Waals surface area contributed by atoms with Gasteiger partial charge in [0, 0.05) is 12.1 Å². The number of para-hydroxylation sites is 1. The van der Waals surface area contributed by atoms with Crippen LogP contribution in [0.4, 0.5) is 11.4 Å². The second kappa shape index (κ2) is 4.44. The van der Waals surface area contributed by atoms with Gasteiger partial charge in [-0.1, -0.05) is 41.4 Å². The Morgan fingerprint density at radius 2 is 1.74 bits per heavy atom. The maximum atomic E-state index is 12.2. The SMILES string of the molecule is O=C1Cc2ccccc2N1c1c(Cl)cc(O)cc1Cl. The molecule has 96 valence electrons. The number of benzene rings is 2. The Hall–Kier alpha value is -1.71. The summed E-state index contributed by atoms with van der Waals surface area (Å²) in [6.45, 7) is 0. The van der Waals surface area contributed by atoms with Gasteiger partial charge in [-0.05, 0) is 11.6 Å². The van der Waals surface area contributed by atoms with Gasteiger partial charge >= 0.3 is 0 Å². The van der Waals surface area contributed by atoms with Crippen LogP contribution in [0.15, 0.2) is 36.4 Å². The molecule has 0 saturated heterocycles. The molecule has 1 N–H and O–H groups in total. The molecule has 1 amide bonds. The first-order chi connectivity index (χ1) is 9.08. The fourth-order valence-corrected chi connectivity index (χ4v) is 2.91. The Balaban J connectivity index is 2.21. The molecule has 1 heterocycles. The molecule has 2 aromatic carbocycles. The van der Waals surface area contributed by atoms with Gasteiger partial charge in [0.25, 0.3) is 0 Å². The topological polar surface area (TPSA) is 40.5 Å². The van der Waals surface area contributed by atoms with Crippen molar-refractivity contribution in [3.8, 4) is 5.75 Å². The van der Waals surface area contributed by atoms with E-state index in [1.54, 1.807) is 0 Å². The smallest absolute Gasteiger partial charge is 0.236 e. The van der Waals surface area contributed by atoms with E-state index in [-0.39, 0.29) is 21.7 Å². The average Bonchev–Trinajstić information content (AvgIpc) is 2.65. The van der Waals surface area contributed by atoms with E-state index in [4.69, 9.17) is 23.2 Å². The first-order valence-electron chi connectivity index (χ1n) is 5.67. The number of hydrogen-bond acceptors (Lipinski definition) is 2. The van der Waals surface area contributed by atoms with Crippen LogP contribution in [-0.4, -0.2) is 11.0 Å². The summed E-state index contributed by atoms with van der Waals surface area (Å²) in [6, 6.07) is 10.2. The van der Waals surface area contributed by atoms with Crippen molar-refractivity contribution in [3.63, 3.8) is 0 Å². The Kier molecular flexibility index (Phi) is 2.88. The maximum Gasteiger partial charge on any atom is 0.236 e. The number of nitrogens with zero attached hydrogens (tertiary/aromatic N) is 1. The van der Waals surface area contributed by atoms with Crippen LogP contribution in [0.25, 0.3) is 0 Å². The van der Waals surface area contributed by atoms with Gasteiger partial charge in [0.15, 0.2) is 0 Å². The Bertz CT molecular complexity index is 662. The lowest BCUT2D eigenvalue weighted by Gasteiger charge is -2.20. The summed E-state index contributed by atoms with van der Waals surface area (Å²) in [5, 5.41) is 9.94. The summed E-state index contributed by atoms with van der Waals surface area (Å²) in [6.07, 6.45) is 0.323. The zero-order valence-corrected chi connectivity index (χ0v) is 11.2. The lowest BCUT2D eigenvalue weighted by molar-refractivity contribution is -0.116. The van der Waals surface area contributed by atoms with Crippen molar-refractivity contribution in [2.24, 2.45) is 0 Å². The van der Waals surface area contributed by atoms with Gasteiger partial charge in [0.05, 0.1) is 27.8 Å². The van der Waals surface area contributed by atoms with Gasteiger partial charge in [0.1, 0.15) is 5.75 Å². The Morgan fingerprint density at radius 3 is 2.42 bits per heavy atom. The molecule has 1 aliphatic heterocycles. The number of anilines is 2. The molecule has 0 spiro atoms. The number of aromatic hydroxyl groups is 1. The molecular formula is C14H9Cl2NO2. The van der Waals surface area contributed by atoms with Gasteiger partial charge in [-0.15, -0.1) is 0 Å². The minimum absolute atomic E-state index is 0.0290. The highest BCUT2D eigenvalue weighted by atomic mass is 35.5. The van der Waals surface area contributed by atoms with E-state index in [9.17, 15) is 9.90 Å². The van der Waals surface area contributed by atoms with Gasteiger partial charge < -0.3 is 5.11 Å². The summed E-state index contributed by atoms with van der Waals surface area (Å²) < 4.78 is 0. The quantitative estimate of drug-likeness (QED) is 0.866. The normalized spacial score (nSPS) is 13.8. The first-order valence-corrected chi connectivity index (χ1v) is 6.42. The lowest BCUT2D eigenvalue weighted by atomic mass is 10.2. The highest BCUT2D eigenvalue weighted by molar-refractivity contribution is 6.40. The molecule has 0 atom stereocenters. The van der Waals surface area contributed by atoms with Crippen molar-refractivity contribution in [1.29, 1.82) is 0 Å². The monoisotopic (exact) mass is 293 g/mol. The molecule has 3 rings (SSSR count). The van der Waals surface area contributed by atoms with E-state index in [1.165, 1.54) is 17.0 Å². The molecule has 0 fully saturated rings. The molecular weight excluding hydrogens is 285 g/mol. The zero-order valence-electron chi connectivity index (χ0n) is 9.73. The average molecular weight is 294 g/mol. The number of hydrogen-bond donors (Lipinski definition) is 1. The molecule has 0 aliphatic carbocycles. The third-order valence-electron chi connectivity index (χ3n) is 3.05.